The summed E-state index contributed by atoms with van der Waals surface area (Å²) in [5.74, 6) is 2.44. The molecule has 0 atom stereocenters. The van der Waals surface area contributed by atoms with Crippen LogP contribution in [0.15, 0.2) is 152 Å². The first-order valence-electron chi connectivity index (χ1n) is 34.1. The van der Waals surface area contributed by atoms with Crippen molar-refractivity contribution in [2.75, 3.05) is 137 Å². The molecule has 0 radical (unpaired) electrons. The molecule has 8 rings (SSSR count). The highest BCUT2D eigenvalue weighted by molar-refractivity contribution is 5.96. The monoisotopic (exact) mass is 1290 g/mol. The van der Waals surface area contributed by atoms with Crippen molar-refractivity contribution in [2.45, 2.75) is 106 Å². The smallest absolute Gasteiger partial charge is 0.251 e. The maximum atomic E-state index is 12.1. The van der Waals surface area contributed by atoms with Crippen LogP contribution in [0.1, 0.15) is 185 Å². The van der Waals surface area contributed by atoms with Crippen LogP contribution in [0, 0.1) is 0 Å². The third kappa shape index (κ3) is 31.0. The highest BCUT2D eigenvalue weighted by Gasteiger charge is 2.16. The van der Waals surface area contributed by atoms with E-state index in [0.29, 0.717) is 86.5 Å². The Balaban J connectivity index is 0.000000252. The van der Waals surface area contributed by atoms with Crippen molar-refractivity contribution >= 4 is 35.2 Å². The van der Waals surface area contributed by atoms with Crippen LogP contribution in [0.3, 0.4) is 0 Å². The molecule has 0 saturated carbocycles. The number of benzene rings is 6. The first-order chi connectivity index (χ1) is 45.2. The number of carbonyl (C=O) groups excluding carboxylic acids is 5. The first kappa shape index (κ1) is 78.7. The molecular weight excluding hydrogens is 1170 g/mol. The van der Waals surface area contributed by atoms with Gasteiger partial charge in [-0.2, -0.15) is 0 Å². The van der Waals surface area contributed by atoms with Crippen LogP contribution >= 0.6 is 0 Å². The average Bonchev–Trinajstić information content (AvgIpc) is 1.24. The van der Waals surface area contributed by atoms with E-state index in [0.717, 1.165) is 101 Å². The third-order valence-corrected chi connectivity index (χ3v) is 16.2. The largest absolute Gasteiger partial charge is 0.383 e. The Bertz CT molecular complexity index is 3050. The van der Waals surface area contributed by atoms with E-state index < -0.39 is 0 Å². The van der Waals surface area contributed by atoms with Gasteiger partial charge in [0.15, 0.2) is 0 Å². The van der Waals surface area contributed by atoms with Gasteiger partial charge in [0.05, 0.1) is 0 Å². The molecular formula is C77H114N12O5. The molecule has 0 unspecified atom stereocenters. The number of nitrogens with zero attached hydrogens (tertiary/aromatic N) is 3. The molecule has 0 spiro atoms. The van der Waals surface area contributed by atoms with Gasteiger partial charge in [-0.05, 0) is 144 Å². The van der Waals surface area contributed by atoms with Gasteiger partial charge in [0.25, 0.3) is 29.5 Å². The van der Waals surface area contributed by atoms with E-state index in [-0.39, 0.29) is 29.5 Å². The van der Waals surface area contributed by atoms with Crippen molar-refractivity contribution in [3.05, 3.63) is 207 Å². The maximum absolute atomic E-state index is 12.1. The predicted octanol–water partition coefficient (Wildman–Crippen LogP) is 10.5. The number of para-hydroxylation sites is 1. The average molecular weight is 1290 g/mol. The Hall–Kier alpha value is -7.77. The molecule has 512 valence electrons. The summed E-state index contributed by atoms with van der Waals surface area (Å²) in [5.41, 5.74) is 16.3. The Morgan fingerprint density at radius 1 is 0.383 bits per heavy atom. The minimum absolute atomic E-state index is 0.00166. The molecule has 5 amide bonds. The van der Waals surface area contributed by atoms with E-state index in [9.17, 15) is 24.0 Å². The highest BCUT2D eigenvalue weighted by atomic mass is 16.2. The number of rotatable bonds is 26. The Kier molecular flexibility index (Phi) is 37.5. The van der Waals surface area contributed by atoms with Gasteiger partial charge < -0.3 is 53.2 Å². The molecule has 17 nitrogen and oxygen atoms in total. The molecule has 0 aliphatic carbocycles. The lowest BCUT2D eigenvalue weighted by molar-refractivity contribution is 0.0934. The summed E-state index contributed by atoms with van der Waals surface area (Å²) >= 11 is 0. The van der Waals surface area contributed by atoms with Crippen LogP contribution in [0.25, 0.3) is 0 Å². The molecule has 2 heterocycles. The number of likely N-dealkylation sites (N-methyl/N-ethyl adjacent to an activating group) is 2. The lowest BCUT2D eigenvalue weighted by atomic mass is 10.0. The number of nitrogens with two attached hydrogens (primary N) is 1. The third-order valence-electron chi connectivity index (χ3n) is 16.2. The molecule has 6 aromatic carbocycles. The fraction of sp³-hybridized carbons (Fsp3) is 0.468. The fourth-order valence-electron chi connectivity index (χ4n) is 9.83. The minimum Gasteiger partial charge on any atom is -0.383 e. The van der Waals surface area contributed by atoms with Crippen LogP contribution in [-0.4, -0.2) is 176 Å². The van der Waals surface area contributed by atoms with E-state index >= 15 is 0 Å². The predicted molar refractivity (Wildman–Crippen MR) is 390 cm³/mol. The number of hydrogen-bond donors (Lipinski definition) is 9. The zero-order valence-electron chi connectivity index (χ0n) is 58.7. The van der Waals surface area contributed by atoms with E-state index in [1.165, 1.54) is 27.8 Å². The van der Waals surface area contributed by atoms with E-state index in [1.807, 2.05) is 159 Å². The number of amides is 5. The molecule has 6 aromatic rings. The fourth-order valence-corrected chi connectivity index (χ4v) is 9.83. The zero-order valence-corrected chi connectivity index (χ0v) is 58.7. The SMILES string of the molecule is CC(C)c1ccc(C(=O)NCCN)cc1.CC(C)c1ccc(C(=O)NCCN2CCN(C)CC2)cc1.CC(C)c1ccc(C(=O)NCCN2CCNCC2)cc1.CC(C)c1ccc(C(=O)NCCNc2ccccc2)cc1.CCNCCNC(=O)c1ccc(C(C)C)cc1. The molecule has 17 heteroatoms. The van der Waals surface area contributed by atoms with Crippen LogP contribution in [0.5, 0.6) is 0 Å². The van der Waals surface area contributed by atoms with Crippen molar-refractivity contribution in [1.82, 2.24) is 51.9 Å². The molecule has 2 aliphatic rings. The lowest BCUT2D eigenvalue weighted by Gasteiger charge is -2.32. The Labute approximate surface area is 564 Å². The number of anilines is 1. The summed E-state index contributed by atoms with van der Waals surface area (Å²) in [5, 5.41) is 24.3. The van der Waals surface area contributed by atoms with Crippen LogP contribution in [0.2, 0.25) is 0 Å². The molecule has 2 fully saturated rings. The number of hydrogen-bond acceptors (Lipinski definition) is 12. The van der Waals surface area contributed by atoms with Crippen molar-refractivity contribution in [3.63, 3.8) is 0 Å². The summed E-state index contributed by atoms with van der Waals surface area (Å²) in [6.45, 7) is 40.1. The molecule has 94 heavy (non-hydrogen) atoms. The quantitative estimate of drug-likeness (QED) is 0.0232. The molecule has 10 N–H and O–H groups in total. The van der Waals surface area contributed by atoms with Gasteiger partial charge in [-0.25, -0.2) is 0 Å². The van der Waals surface area contributed by atoms with Crippen LogP contribution in [-0.2, 0) is 0 Å². The number of nitrogens with one attached hydrogen (secondary N) is 8. The summed E-state index contributed by atoms with van der Waals surface area (Å²) in [6, 6.07) is 49.1. The standard InChI is InChI=1S/C18H22N2O.C17H27N3O.C16H25N3O.C14H22N2O.C12H18N2O/c1-14(2)15-8-10-16(11-9-15)18(21)20-13-12-19-17-6-4-3-5-7-17;1-14(2)15-4-6-16(7-5-15)17(21)18-8-9-20-12-10-19(3)11-13-20;1-13(2)14-3-5-15(6-4-14)16(20)18-9-12-19-10-7-17-8-11-19;1-4-15-9-10-16-14(17)13-7-5-12(6-8-13)11(2)3;1-9(2)10-3-5-11(6-4-10)12(15)14-8-7-13/h3-11,14,19H,12-13H2,1-2H3,(H,20,21);4-7,14H,8-13H2,1-3H3,(H,18,21);3-6,13,17H,7-12H2,1-2H3,(H,18,20);5-8,11,15H,4,9-10H2,1-3H3,(H,16,17);3-6,9H,7-8,13H2,1-2H3,(H,14,15). The number of piperazine rings is 2. The van der Waals surface area contributed by atoms with E-state index in [1.54, 1.807) is 0 Å². The Morgan fingerprint density at radius 2 is 0.681 bits per heavy atom. The first-order valence-corrected chi connectivity index (χ1v) is 34.1. The van der Waals surface area contributed by atoms with Crippen LogP contribution in [0.4, 0.5) is 5.69 Å². The summed E-state index contributed by atoms with van der Waals surface area (Å²) in [4.78, 5) is 66.5. The van der Waals surface area contributed by atoms with Crippen molar-refractivity contribution in [3.8, 4) is 0 Å². The maximum Gasteiger partial charge on any atom is 0.251 e. The van der Waals surface area contributed by atoms with Gasteiger partial charge >= 0.3 is 0 Å². The molecule has 2 aliphatic heterocycles. The van der Waals surface area contributed by atoms with E-state index in [2.05, 4.69) is 134 Å². The van der Waals surface area contributed by atoms with Crippen molar-refractivity contribution in [1.29, 1.82) is 0 Å². The van der Waals surface area contributed by atoms with Gasteiger partial charge in [-0.15, -0.1) is 0 Å². The highest BCUT2D eigenvalue weighted by Crippen LogP contribution is 2.19. The zero-order chi connectivity index (χ0) is 68.6. The van der Waals surface area contributed by atoms with Gasteiger partial charge in [0, 0.05) is 151 Å². The van der Waals surface area contributed by atoms with Gasteiger partial charge in [0.1, 0.15) is 0 Å². The number of carbonyl (C=O) groups is 5. The van der Waals surface area contributed by atoms with Crippen molar-refractivity contribution in [2.24, 2.45) is 5.73 Å². The van der Waals surface area contributed by atoms with Gasteiger partial charge in [-0.1, -0.05) is 155 Å². The second-order valence-corrected chi connectivity index (χ2v) is 25.3. The lowest BCUT2D eigenvalue weighted by Crippen LogP contribution is -2.46. The van der Waals surface area contributed by atoms with Gasteiger partial charge in [-0.3, -0.25) is 33.8 Å². The molecule has 0 aromatic heterocycles. The Morgan fingerprint density at radius 3 is 0.989 bits per heavy atom. The second-order valence-electron chi connectivity index (χ2n) is 25.3. The minimum atomic E-state index is -0.0595. The summed E-state index contributed by atoms with van der Waals surface area (Å²) < 4.78 is 0. The normalized spacial score (nSPS) is 13.2. The van der Waals surface area contributed by atoms with Gasteiger partial charge in [0.2, 0.25) is 0 Å². The topological polar surface area (TPSA) is 217 Å². The van der Waals surface area contributed by atoms with E-state index in [4.69, 9.17) is 5.73 Å². The van der Waals surface area contributed by atoms with Crippen molar-refractivity contribution < 1.29 is 24.0 Å². The summed E-state index contributed by atoms with van der Waals surface area (Å²) in [7, 11) is 2.15. The van der Waals surface area contributed by atoms with Crippen LogP contribution < -0.4 is 48.3 Å². The molecule has 0 bridgehead atoms. The second kappa shape index (κ2) is 44.8. The molecule has 2 saturated heterocycles. The summed E-state index contributed by atoms with van der Waals surface area (Å²) in [6.07, 6.45) is 0.